The van der Waals surface area contributed by atoms with Crippen molar-refractivity contribution >= 4 is 0 Å². The van der Waals surface area contributed by atoms with E-state index in [0.29, 0.717) is 0 Å². The SMILES string of the molecule is CNC1c2ccccc2CC1Oc1ccc(C)c(C)c1. The lowest BCUT2D eigenvalue weighted by Gasteiger charge is -2.22. The third-order valence-corrected chi connectivity index (χ3v) is 4.26. The maximum Gasteiger partial charge on any atom is 0.122 e. The van der Waals surface area contributed by atoms with E-state index in [4.69, 9.17) is 4.74 Å². The number of benzene rings is 2. The quantitative estimate of drug-likeness (QED) is 0.918. The van der Waals surface area contributed by atoms with Crippen LogP contribution >= 0.6 is 0 Å². The summed E-state index contributed by atoms with van der Waals surface area (Å²) in [5.41, 5.74) is 5.33. The van der Waals surface area contributed by atoms with Crippen molar-refractivity contribution in [1.29, 1.82) is 0 Å². The molecule has 2 heteroatoms. The van der Waals surface area contributed by atoms with Gasteiger partial charge in [0, 0.05) is 6.42 Å². The number of likely N-dealkylation sites (N-methyl/N-ethyl adjacent to an activating group) is 1. The van der Waals surface area contributed by atoms with E-state index < -0.39 is 0 Å². The highest BCUT2D eigenvalue weighted by atomic mass is 16.5. The van der Waals surface area contributed by atoms with Crippen LogP contribution < -0.4 is 10.1 Å². The lowest BCUT2D eigenvalue weighted by atomic mass is 10.1. The fourth-order valence-electron chi connectivity index (χ4n) is 2.97. The third kappa shape index (κ3) is 2.32. The van der Waals surface area contributed by atoms with E-state index in [1.54, 1.807) is 0 Å². The summed E-state index contributed by atoms with van der Waals surface area (Å²) in [6.07, 6.45) is 1.13. The molecule has 3 rings (SSSR count). The van der Waals surface area contributed by atoms with Crippen LogP contribution in [0.4, 0.5) is 0 Å². The first-order chi connectivity index (χ1) is 9.69. The number of aryl methyl sites for hydroxylation is 2. The smallest absolute Gasteiger partial charge is 0.122 e. The molecule has 1 aliphatic rings. The Morgan fingerprint density at radius 1 is 1.05 bits per heavy atom. The number of hydrogen-bond donors (Lipinski definition) is 1. The Labute approximate surface area is 120 Å². The van der Waals surface area contributed by atoms with Crippen molar-refractivity contribution in [1.82, 2.24) is 5.32 Å². The molecule has 1 aliphatic carbocycles. The van der Waals surface area contributed by atoms with Gasteiger partial charge in [0.1, 0.15) is 11.9 Å². The minimum atomic E-state index is 0.166. The molecule has 0 aromatic heterocycles. The Kier molecular flexibility index (Phi) is 3.49. The van der Waals surface area contributed by atoms with Crippen LogP contribution in [-0.2, 0) is 6.42 Å². The first kappa shape index (κ1) is 13.2. The highest BCUT2D eigenvalue weighted by Crippen LogP contribution is 2.34. The summed E-state index contributed by atoms with van der Waals surface area (Å²) >= 11 is 0. The average molecular weight is 267 g/mol. The Hall–Kier alpha value is -1.80. The molecular weight excluding hydrogens is 246 g/mol. The summed E-state index contributed by atoms with van der Waals surface area (Å²) in [7, 11) is 2.00. The number of nitrogens with one attached hydrogen (secondary N) is 1. The van der Waals surface area contributed by atoms with Crippen molar-refractivity contribution in [2.24, 2.45) is 0 Å². The normalized spacial score (nSPS) is 20.8. The lowest BCUT2D eigenvalue weighted by Crippen LogP contribution is -2.30. The van der Waals surface area contributed by atoms with Crippen molar-refractivity contribution in [3.05, 3.63) is 64.7 Å². The van der Waals surface area contributed by atoms with Gasteiger partial charge in [-0.1, -0.05) is 30.3 Å². The summed E-state index contributed by atoms with van der Waals surface area (Å²) in [4.78, 5) is 0. The molecule has 2 unspecified atom stereocenters. The largest absolute Gasteiger partial charge is 0.488 e. The van der Waals surface area contributed by atoms with Gasteiger partial charge in [-0.2, -0.15) is 0 Å². The van der Waals surface area contributed by atoms with Gasteiger partial charge < -0.3 is 10.1 Å². The number of fused-ring (bicyclic) bond motifs is 1. The second-order valence-electron chi connectivity index (χ2n) is 5.57. The average Bonchev–Trinajstić information content (AvgIpc) is 2.80. The molecule has 0 heterocycles. The van der Waals surface area contributed by atoms with E-state index >= 15 is 0 Å². The van der Waals surface area contributed by atoms with Gasteiger partial charge in [0.2, 0.25) is 0 Å². The van der Waals surface area contributed by atoms with E-state index in [-0.39, 0.29) is 12.1 Å². The van der Waals surface area contributed by atoms with E-state index in [0.717, 1.165) is 12.2 Å². The zero-order chi connectivity index (χ0) is 14.1. The summed E-state index contributed by atoms with van der Waals surface area (Å²) in [5, 5.41) is 3.39. The summed E-state index contributed by atoms with van der Waals surface area (Å²) < 4.78 is 6.23. The van der Waals surface area contributed by atoms with Crippen molar-refractivity contribution < 1.29 is 4.74 Å². The molecule has 1 N–H and O–H groups in total. The van der Waals surface area contributed by atoms with Gasteiger partial charge in [-0.05, 0) is 55.3 Å². The molecular formula is C18H21NO. The van der Waals surface area contributed by atoms with E-state index in [1.807, 2.05) is 7.05 Å². The molecule has 0 fully saturated rings. The zero-order valence-corrected chi connectivity index (χ0v) is 12.3. The summed E-state index contributed by atoms with van der Waals surface area (Å²) in [6.45, 7) is 4.25. The molecule has 2 aromatic carbocycles. The predicted molar refractivity (Wildman–Crippen MR) is 82.3 cm³/mol. The molecule has 2 nitrogen and oxygen atoms in total. The number of ether oxygens (including phenoxy) is 1. The Morgan fingerprint density at radius 2 is 1.85 bits per heavy atom. The Morgan fingerprint density at radius 3 is 2.60 bits per heavy atom. The van der Waals surface area contributed by atoms with Gasteiger partial charge in [-0.25, -0.2) is 0 Å². The molecule has 0 radical (unpaired) electrons. The predicted octanol–water partition coefficient (Wildman–Crippen LogP) is 3.57. The van der Waals surface area contributed by atoms with Crippen LogP contribution in [0.25, 0.3) is 0 Å². The molecule has 0 saturated carbocycles. The topological polar surface area (TPSA) is 21.3 Å². The molecule has 0 amide bonds. The summed E-state index contributed by atoms with van der Waals surface area (Å²) in [5.74, 6) is 0.964. The lowest BCUT2D eigenvalue weighted by molar-refractivity contribution is 0.171. The highest BCUT2D eigenvalue weighted by Gasteiger charge is 2.32. The van der Waals surface area contributed by atoms with Gasteiger partial charge in [0.25, 0.3) is 0 Å². The maximum atomic E-state index is 6.23. The van der Waals surface area contributed by atoms with Gasteiger partial charge in [-0.15, -0.1) is 0 Å². The van der Waals surface area contributed by atoms with Gasteiger partial charge in [-0.3, -0.25) is 0 Å². The van der Waals surface area contributed by atoms with Crippen LogP contribution in [0.3, 0.4) is 0 Å². The maximum absolute atomic E-state index is 6.23. The van der Waals surface area contributed by atoms with E-state index in [1.165, 1.54) is 22.3 Å². The van der Waals surface area contributed by atoms with Crippen LogP contribution in [0, 0.1) is 13.8 Å². The molecule has 2 aromatic rings. The second kappa shape index (κ2) is 5.29. The van der Waals surface area contributed by atoms with Crippen LogP contribution in [-0.4, -0.2) is 13.2 Å². The molecule has 0 aliphatic heterocycles. The highest BCUT2D eigenvalue weighted by molar-refractivity contribution is 5.38. The first-order valence-corrected chi connectivity index (χ1v) is 7.18. The fourth-order valence-corrected chi connectivity index (χ4v) is 2.97. The van der Waals surface area contributed by atoms with E-state index in [2.05, 4.69) is 61.6 Å². The van der Waals surface area contributed by atoms with Gasteiger partial charge >= 0.3 is 0 Å². The van der Waals surface area contributed by atoms with Gasteiger partial charge in [0.05, 0.1) is 6.04 Å². The number of hydrogen-bond acceptors (Lipinski definition) is 2. The molecule has 0 spiro atoms. The standard InChI is InChI=1S/C18H21NO/c1-12-8-9-15(10-13(12)2)20-17-11-14-6-4-5-7-16(14)18(17)19-3/h4-10,17-19H,11H2,1-3H3. The molecule has 20 heavy (non-hydrogen) atoms. The van der Waals surface area contributed by atoms with Gasteiger partial charge in [0.15, 0.2) is 0 Å². The van der Waals surface area contributed by atoms with Crippen LogP contribution in [0.5, 0.6) is 5.75 Å². The van der Waals surface area contributed by atoms with Crippen LogP contribution in [0.1, 0.15) is 28.3 Å². The van der Waals surface area contributed by atoms with Crippen molar-refractivity contribution in [3.8, 4) is 5.75 Å². The monoisotopic (exact) mass is 267 g/mol. The molecule has 2 atom stereocenters. The summed E-state index contributed by atoms with van der Waals surface area (Å²) in [6, 6.07) is 15.2. The second-order valence-corrected chi connectivity index (χ2v) is 5.57. The molecule has 0 bridgehead atoms. The minimum Gasteiger partial charge on any atom is -0.488 e. The Balaban J connectivity index is 1.83. The van der Waals surface area contributed by atoms with Crippen molar-refractivity contribution in [2.45, 2.75) is 32.4 Å². The van der Waals surface area contributed by atoms with Crippen molar-refractivity contribution in [2.75, 3.05) is 7.05 Å². The first-order valence-electron chi connectivity index (χ1n) is 7.18. The molecule has 0 saturated heterocycles. The Bertz CT molecular complexity index is 621. The molecule has 104 valence electrons. The van der Waals surface area contributed by atoms with Crippen LogP contribution in [0.15, 0.2) is 42.5 Å². The van der Waals surface area contributed by atoms with Crippen LogP contribution in [0.2, 0.25) is 0 Å². The van der Waals surface area contributed by atoms with E-state index in [9.17, 15) is 0 Å². The minimum absolute atomic E-state index is 0.166. The number of rotatable bonds is 3. The van der Waals surface area contributed by atoms with Crippen molar-refractivity contribution in [3.63, 3.8) is 0 Å². The fraction of sp³-hybridized carbons (Fsp3) is 0.333. The zero-order valence-electron chi connectivity index (χ0n) is 12.3. The third-order valence-electron chi connectivity index (χ3n) is 4.26.